The van der Waals surface area contributed by atoms with Gasteiger partial charge < -0.3 is 0 Å². The number of halogens is 3. The van der Waals surface area contributed by atoms with Crippen LogP contribution in [-0.2, 0) is 15.4 Å². The van der Waals surface area contributed by atoms with Crippen molar-refractivity contribution < 1.29 is 21.6 Å². The number of hydrogen-bond acceptors (Lipinski definition) is 6. The zero-order valence-electron chi connectivity index (χ0n) is 19.2. The van der Waals surface area contributed by atoms with Gasteiger partial charge in [0.2, 0.25) is 0 Å². The molecule has 0 atom stereocenters. The molecule has 0 spiro atoms. The minimum atomic E-state index is -4.35. The standard InChI is InChI=1S/C24H21F3N4O2S2/c1-13-28-11-10-18(29-13)22-21(30-23(34-22)24(2,3)4)19-16(26)8-9-17(20(19)27)31-35(32,33)15-7-5-6-14(25)12-15/h5-12,31H,1-4H3. The highest BCUT2D eigenvalue weighted by Gasteiger charge is 2.29. The fourth-order valence-corrected chi connectivity index (χ4v) is 5.44. The molecule has 4 aromatic rings. The molecule has 0 aliphatic carbocycles. The van der Waals surface area contributed by atoms with E-state index < -0.39 is 49.0 Å². The summed E-state index contributed by atoms with van der Waals surface area (Å²) >= 11 is 1.24. The lowest BCUT2D eigenvalue weighted by atomic mass is 9.98. The zero-order chi connectivity index (χ0) is 25.5. The maximum atomic E-state index is 15.7. The number of rotatable bonds is 5. The van der Waals surface area contributed by atoms with Crippen LogP contribution in [0.5, 0.6) is 0 Å². The Morgan fingerprint density at radius 2 is 1.74 bits per heavy atom. The molecule has 35 heavy (non-hydrogen) atoms. The molecule has 11 heteroatoms. The van der Waals surface area contributed by atoms with Crippen LogP contribution >= 0.6 is 11.3 Å². The minimum absolute atomic E-state index is 0.000159. The van der Waals surface area contributed by atoms with Gasteiger partial charge in [0.15, 0.2) is 5.82 Å². The summed E-state index contributed by atoms with van der Waals surface area (Å²) in [6, 6.07) is 7.80. The van der Waals surface area contributed by atoms with Crippen molar-refractivity contribution in [3.63, 3.8) is 0 Å². The molecule has 4 rings (SSSR count). The Labute approximate surface area is 205 Å². The number of sulfonamides is 1. The van der Waals surface area contributed by atoms with Crippen LogP contribution in [0.25, 0.3) is 21.8 Å². The Balaban J connectivity index is 1.88. The smallest absolute Gasteiger partial charge is 0.262 e. The number of thiazole rings is 1. The largest absolute Gasteiger partial charge is 0.277 e. The third-order valence-electron chi connectivity index (χ3n) is 4.96. The lowest BCUT2D eigenvalue weighted by Crippen LogP contribution is -2.15. The van der Waals surface area contributed by atoms with Gasteiger partial charge in [-0.3, -0.25) is 4.72 Å². The molecule has 0 saturated heterocycles. The quantitative estimate of drug-likeness (QED) is 0.346. The Morgan fingerprint density at radius 3 is 2.40 bits per heavy atom. The Kier molecular flexibility index (Phi) is 6.41. The van der Waals surface area contributed by atoms with E-state index in [1.807, 2.05) is 20.8 Å². The van der Waals surface area contributed by atoms with Crippen molar-refractivity contribution in [3.8, 4) is 21.8 Å². The monoisotopic (exact) mass is 518 g/mol. The second kappa shape index (κ2) is 9.04. The first-order chi connectivity index (χ1) is 16.4. The van der Waals surface area contributed by atoms with Crippen LogP contribution in [0.1, 0.15) is 31.6 Å². The summed E-state index contributed by atoms with van der Waals surface area (Å²) in [7, 11) is -4.35. The molecule has 0 aliphatic rings. The van der Waals surface area contributed by atoms with Crippen LogP contribution in [-0.4, -0.2) is 23.4 Å². The Hall–Kier alpha value is -3.31. The first kappa shape index (κ1) is 24.8. The van der Waals surface area contributed by atoms with Crippen molar-refractivity contribution in [2.75, 3.05) is 4.72 Å². The van der Waals surface area contributed by atoms with E-state index in [1.165, 1.54) is 29.7 Å². The fourth-order valence-electron chi connectivity index (χ4n) is 3.25. The maximum absolute atomic E-state index is 15.7. The SMILES string of the molecule is Cc1nccc(-c2sc(C(C)(C)C)nc2-c2c(F)ccc(NS(=O)(=O)c3cccc(F)c3)c2F)n1. The van der Waals surface area contributed by atoms with E-state index in [9.17, 15) is 12.8 Å². The van der Waals surface area contributed by atoms with Crippen LogP contribution < -0.4 is 4.72 Å². The van der Waals surface area contributed by atoms with E-state index in [-0.39, 0.29) is 5.69 Å². The summed E-state index contributed by atoms with van der Waals surface area (Å²) in [5.41, 5.74) is -0.989. The summed E-state index contributed by atoms with van der Waals surface area (Å²) in [6.07, 6.45) is 1.54. The molecule has 1 N–H and O–H groups in total. The highest BCUT2D eigenvalue weighted by atomic mass is 32.2. The molecule has 182 valence electrons. The van der Waals surface area contributed by atoms with E-state index in [1.54, 1.807) is 13.0 Å². The van der Waals surface area contributed by atoms with Crippen LogP contribution in [0.15, 0.2) is 53.6 Å². The molecule has 0 radical (unpaired) electrons. The van der Waals surface area contributed by atoms with Gasteiger partial charge in [-0.1, -0.05) is 26.8 Å². The summed E-state index contributed by atoms with van der Waals surface area (Å²) in [6.45, 7) is 7.44. The van der Waals surface area contributed by atoms with Crippen molar-refractivity contribution >= 4 is 27.0 Å². The topological polar surface area (TPSA) is 84.8 Å². The van der Waals surface area contributed by atoms with Crippen molar-refractivity contribution in [1.29, 1.82) is 0 Å². The Bertz CT molecular complexity index is 1530. The molecule has 2 aromatic heterocycles. The van der Waals surface area contributed by atoms with Gasteiger partial charge in [0.1, 0.15) is 17.5 Å². The van der Waals surface area contributed by atoms with E-state index in [2.05, 4.69) is 19.7 Å². The van der Waals surface area contributed by atoms with Gasteiger partial charge in [-0.05, 0) is 43.3 Å². The number of aromatic nitrogens is 3. The van der Waals surface area contributed by atoms with Gasteiger partial charge >= 0.3 is 0 Å². The molecule has 2 heterocycles. The van der Waals surface area contributed by atoms with Gasteiger partial charge in [-0.2, -0.15) is 0 Å². The number of nitrogens with zero attached hydrogens (tertiary/aromatic N) is 3. The molecule has 0 unspecified atom stereocenters. The second-order valence-electron chi connectivity index (χ2n) is 8.78. The van der Waals surface area contributed by atoms with Crippen molar-refractivity contribution in [1.82, 2.24) is 15.0 Å². The average molecular weight is 519 g/mol. The maximum Gasteiger partial charge on any atom is 0.262 e. The van der Waals surface area contributed by atoms with Gasteiger partial charge in [-0.25, -0.2) is 36.5 Å². The van der Waals surface area contributed by atoms with Crippen molar-refractivity contribution in [3.05, 3.63) is 76.9 Å². The molecular formula is C24H21F3N4O2S2. The first-order valence-corrected chi connectivity index (χ1v) is 12.7. The van der Waals surface area contributed by atoms with Crippen LogP contribution in [0.4, 0.5) is 18.9 Å². The first-order valence-electron chi connectivity index (χ1n) is 10.4. The predicted octanol–water partition coefficient (Wildman–Crippen LogP) is 6.09. The average Bonchev–Trinajstić information content (AvgIpc) is 3.21. The third kappa shape index (κ3) is 5.06. The molecular weight excluding hydrogens is 497 g/mol. The lowest BCUT2D eigenvalue weighted by Gasteiger charge is -2.14. The molecule has 6 nitrogen and oxygen atoms in total. The number of aryl methyl sites for hydroxylation is 1. The number of hydrogen-bond donors (Lipinski definition) is 1. The highest BCUT2D eigenvalue weighted by Crippen LogP contribution is 2.42. The van der Waals surface area contributed by atoms with E-state index >= 15 is 8.78 Å². The van der Waals surface area contributed by atoms with Gasteiger partial charge in [0.25, 0.3) is 10.0 Å². The predicted molar refractivity (Wildman–Crippen MR) is 129 cm³/mol. The van der Waals surface area contributed by atoms with Crippen molar-refractivity contribution in [2.45, 2.75) is 38.0 Å². The molecule has 0 aliphatic heterocycles. The van der Waals surface area contributed by atoms with E-state index in [4.69, 9.17) is 0 Å². The molecule has 0 saturated carbocycles. The number of nitrogens with one attached hydrogen (secondary N) is 1. The van der Waals surface area contributed by atoms with Gasteiger partial charge in [0.05, 0.1) is 37.4 Å². The molecule has 0 amide bonds. The lowest BCUT2D eigenvalue weighted by molar-refractivity contribution is 0.579. The molecule has 0 bridgehead atoms. The van der Waals surface area contributed by atoms with Crippen LogP contribution in [0.2, 0.25) is 0 Å². The zero-order valence-corrected chi connectivity index (χ0v) is 20.9. The van der Waals surface area contributed by atoms with E-state index in [0.29, 0.717) is 21.4 Å². The normalized spacial score (nSPS) is 12.1. The second-order valence-corrected chi connectivity index (χ2v) is 11.5. The van der Waals surface area contributed by atoms with Crippen LogP contribution in [0, 0.1) is 24.4 Å². The summed E-state index contributed by atoms with van der Waals surface area (Å²) in [5.74, 6) is -2.37. The van der Waals surface area contributed by atoms with Crippen molar-refractivity contribution in [2.24, 2.45) is 0 Å². The molecule has 0 fully saturated rings. The number of anilines is 1. The van der Waals surface area contributed by atoms with E-state index in [0.717, 1.165) is 24.3 Å². The Morgan fingerprint density at radius 1 is 1.00 bits per heavy atom. The summed E-state index contributed by atoms with van der Waals surface area (Å²) < 4.78 is 71.9. The summed E-state index contributed by atoms with van der Waals surface area (Å²) in [4.78, 5) is 13.0. The molecule has 2 aromatic carbocycles. The number of benzene rings is 2. The summed E-state index contributed by atoms with van der Waals surface area (Å²) in [5, 5.41) is 0.614. The minimum Gasteiger partial charge on any atom is -0.277 e. The van der Waals surface area contributed by atoms with Gasteiger partial charge in [0, 0.05) is 11.6 Å². The highest BCUT2D eigenvalue weighted by molar-refractivity contribution is 7.92. The van der Waals surface area contributed by atoms with Gasteiger partial charge in [-0.15, -0.1) is 11.3 Å². The fraction of sp³-hybridized carbons (Fsp3) is 0.208. The third-order valence-corrected chi connectivity index (χ3v) is 7.82. The van der Waals surface area contributed by atoms with Crippen LogP contribution in [0.3, 0.4) is 0 Å².